The molecule has 1 amide bonds. The van der Waals surface area contributed by atoms with E-state index >= 15 is 0 Å². The zero-order chi connectivity index (χ0) is 15.3. The number of carbonyl (C=O) groups is 1. The van der Waals surface area contributed by atoms with E-state index in [4.69, 9.17) is 22.1 Å². The Morgan fingerprint density at radius 2 is 2.10 bits per heavy atom. The lowest BCUT2D eigenvalue weighted by molar-refractivity contribution is 0.0636. The van der Waals surface area contributed by atoms with Crippen LogP contribution in [0, 0.1) is 0 Å². The predicted molar refractivity (Wildman–Crippen MR) is 83.3 cm³/mol. The van der Waals surface area contributed by atoms with Gasteiger partial charge in [-0.15, -0.1) is 0 Å². The third kappa shape index (κ3) is 6.26. The second kappa shape index (κ2) is 6.95. The van der Waals surface area contributed by atoms with Gasteiger partial charge in [0.1, 0.15) is 5.60 Å². The normalized spacial score (nSPS) is 12.9. The van der Waals surface area contributed by atoms with E-state index in [9.17, 15) is 4.79 Å². The van der Waals surface area contributed by atoms with Crippen LogP contribution in [0.25, 0.3) is 0 Å². The first-order valence-electron chi connectivity index (χ1n) is 6.71. The van der Waals surface area contributed by atoms with Crippen molar-refractivity contribution in [1.29, 1.82) is 0 Å². The average Bonchev–Trinajstić information content (AvgIpc) is 2.24. The molecule has 0 saturated carbocycles. The van der Waals surface area contributed by atoms with Crippen molar-refractivity contribution in [3.8, 4) is 0 Å². The van der Waals surface area contributed by atoms with E-state index in [0.717, 1.165) is 18.4 Å². The second-order valence-corrected chi connectivity index (χ2v) is 6.38. The zero-order valence-electron chi connectivity index (χ0n) is 12.5. The third-order valence-electron chi connectivity index (χ3n) is 2.58. The van der Waals surface area contributed by atoms with Crippen molar-refractivity contribution < 1.29 is 9.53 Å². The molecule has 1 aromatic carbocycles. The minimum absolute atomic E-state index is 0.111. The molecule has 0 spiro atoms. The van der Waals surface area contributed by atoms with Gasteiger partial charge >= 0.3 is 6.09 Å². The molecule has 0 aromatic heterocycles. The van der Waals surface area contributed by atoms with Crippen molar-refractivity contribution in [2.45, 2.75) is 52.2 Å². The number of ether oxygens (including phenoxy) is 1. The number of rotatable bonds is 4. The lowest BCUT2D eigenvalue weighted by Crippen LogP contribution is -2.27. The van der Waals surface area contributed by atoms with Crippen LogP contribution in [0.1, 0.15) is 39.7 Å². The molecule has 1 aromatic rings. The number of hydrogen-bond acceptors (Lipinski definition) is 3. The fraction of sp³-hybridized carbons (Fsp3) is 0.533. The summed E-state index contributed by atoms with van der Waals surface area (Å²) in [6.45, 7) is 7.42. The van der Waals surface area contributed by atoms with Crippen molar-refractivity contribution in [1.82, 2.24) is 0 Å². The van der Waals surface area contributed by atoms with Crippen molar-refractivity contribution in [2.75, 3.05) is 5.32 Å². The SMILES string of the molecule is CC(N)CCc1ccc(Cl)cc1NC(=O)OC(C)(C)C. The lowest BCUT2D eigenvalue weighted by Gasteiger charge is -2.20. The smallest absolute Gasteiger partial charge is 0.412 e. The van der Waals surface area contributed by atoms with Crippen molar-refractivity contribution in [2.24, 2.45) is 5.73 Å². The van der Waals surface area contributed by atoms with Gasteiger partial charge in [0.15, 0.2) is 0 Å². The van der Waals surface area contributed by atoms with Crippen LogP contribution < -0.4 is 11.1 Å². The Kier molecular flexibility index (Phi) is 5.84. The summed E-state index contributed by atoms with van der Waals surface area (Å²) in [7, 11) is 0. The Bertz CT molecular complexity index is 467. The Morgan fingerprint density at radius 3 is 2.65 bits per heavy atom. The van der Waals surface area contributed by atoms with Crippen LogP contribution in [0.5, 0.6) is 0 Å². The highest BCUT2D eigenvalue weighted by molar-refractivity contribution is 6.31. The molecule has 5 heteroatoms. The van der Waals surface area contributed by atoms with Crippen LogP contribution in [0.2, 0.25) is 5.02 Å². The van der Waals surface area contributed by atoms with Crippen LogP contribution >= 0.6 is 11.6 Å². The van der Waals surface area contributed by atoms with E-state index in [1.54, 1.807) is 12.1 Å². The summed E-state index contributed by atoms with van der Waals surface area (Å²) in [5, 5.41) is 3.32. The van der Waals surface area contributed by atoms with E-state index in [-0.39, 0.29) is 6.04 Å². The van der Waals surface area contributed by atoms with Gasteiger partial charge in [-0.05, 0) is 58.2 Å². The second-order valence-electron chi connectivity index (χ2n) is 5.94. The van der Waals surface area contributed by atoms with Crippen molar-refractivity contribution in [3.05, 3.63) is 28.8 Å². The first-order valence-corrected chi connectivity index (χ1v) is 7.09. The molecule has 0 aliphatic rings. The molecule has 112 valence electrons. The van der Waals surface area contributed by atoms with Crippen molar-refractivity contribution >= 4 is 23.4 Å². The fourth-order valence-corrected chi connectivity index (χ4v) is 1.85. The Morgan fingerprint density at radius 1 is 1.45 bits per heavy atom. The molecule has 0 aliphatic carbocycles. The van der Waals surface area contributed by atoms with Gasteiger partial charge in [-0.2, -0.15) is 0 Å². The number of benzene rings is 1. The number of nitrogens with one attached hydrogen (secondary N) is 1. The number of aryl methyl sites for hydroxylation is 1. The van der Waals surface area contributed by atoms with Gasteiger partial charge in [0, 0.05) is 16.8 Å². The third-order valence-corrected chi connectivity index (χ3v) is 2.81. The van der Waals surface area contributed by atoms with Crippen LogP contribution in [-0.4, -0.2) is 17.7 Å². The molecule has 3 N–H and O–H groups in total. The van der Waals surface area contributed by atoms with Crippen LogP contribution in [-0.2, 0) is 11.2 Å². The molecule has 0 radical (unpaired) electrons. The minimum atomic E-state index is -0.533. The topological polar surface area (TPSA) is 64.3 Å². The molecule has 4 nitrogen and oxygen atoms in total. The number of hydrogen-bond donors (Lipinski definition) is 2. The number of amides is 1. The first kappa shape index (κ1) is 16.8. The molecule has 1 rings (SSSR count). The van der Waals surface area contributed by atoms with Crippen LogP contribution in [0.3, 0.4) is 0 Å². The standard InChI is InChI=1S/C15H23ClN2O2/c1-10(17)5-6-11-7-8-12(16)9-13(11)18-14(19)20-15(2,3)4/h7-10H,5-6,17H2,1-4H3,(H,18,19). The molecule has 0 saturated heterocycles. The maximum atomic E-state index is 11.8. The van der Waals surface area contributed by atoms with E-state index < -0.39 is 11.7 Å². The highest BCUT2D eigenvalue weighted by atomic mass is 35.5. The number of halogens is 1. The van der Waals surface area contributed by atoms with E-state index in [0.29, 0.717) is 10.7 Å². The highest BCUT2D eigenvalue weighted by Crippen LogP contribution is 2.23. The summed E-state index contributed by atoms with van der Waals surface area (Å²) in [5.74, 6) is 0. The summed E-state index contributed by atoms with van der Waals surface area (Å²) in [5.41, 5.74) is 6.90. The number of carbonyl (C=O) groups excluding carboxylic acids is 1. The van der Waals surface area contributed by atoms with Gasteiger partial charge in [0.25, 0.3) is 0 Å². The predicted octanol–water partition coefficient (Wildman–Crippen LogP) is 3.97. The fourth-order valence-electron chi connectivity index (χ4n) is 1.68. The maximum Gasteiger partial charge on any atom is 0.412 e. The molecular formula is C15H23ClN2O2. The van der Waals surface area contributed by atoms with Crippen LogP contribution in [0.15, 0.2) is 18.2 Å². The molecule has 1 atom stereocenters. The molecule has 0 fully saturated rings. The summed E-state index contributed by atoms with van der Waals surface area (Å²) in [4.78, 5) is 11.8. The van der Waals surface area contributed by atoms with E-state index in [2.05, 4.69) is 5.32 Å². The minimum Gasteiger partial charge on any atom is -0.444 e. The Labute approximate surface area is 125 Å². The molecule has 1 unspecified atom stereocenters. The first-order chi connectivity index (χ1) is 9.17. The Balaban J connectivity index is 2.81. The molecule has 0 heterocycles. The molecular weight excluding hydrogens is 276 g/mol. The Hall–Kier alpha value is -1.26. The monoisotopic (exact) mass is 298 g/mol. The summed E-state index contributed by atoms with van der Waals surface area (Å²) in [6.07, 6.45) is 1.13. The number of anilines is 1. The van der Waals surface area contributed by atoms with Gasteiger partial charge in [-0.3, -0.25) is 5.32 Å². The molecule has 0 bridgehead atoms. The van der Waals surface area contributed by atoms with E-state index in [1.165, 1.54) is 0 Å². The highest BCUT2D eigenvalue weighted by Gasteiger charge is 2.17. The van der Waals surface area contributed by atoms with Gasteiger partial charge < -0.3 is 10.5 Å². The van der Waals surface area contributed by atoms with Gasteiger partial charge in [-0.25, -0.2) is 4.79 Å². The summed E-state index contributed by atoms with van der Waals surface area (Å²) >= 11 is 5.98. The van der Waals surface area contributed by atoms with Crippen LogP contribution in [0.4, 0.5) is 10.5 Å². The number of nitrogens with two attached hydrogens (primary N) is 1. The largest absolute Gasteiger partial charge is 0.444 e. The van der Waals surface area contributed by atoms with Gasteiger partial charge in [0.05, 0.1) is 0 Å². The van der Waals surface area contributed by atoms with Gasteiger partial charge in [0.2, 0.25) is 0 Å². The average molecular weight is 299 g/mol. The molecule has 0 aliphatic heterocycles. The molecule has 20 heavy (non-hydrogen) atoms. The quantitative estimate of drug-likeness (QED) is 0.884. The maximum absolute atomic E-state index is 11.8. The zero-order valence-corrected chi connectivity index (χ0v) is 13.3. The lowest BCUT2D eigenvalue weighted by atomic mass is 10.0. The van der Waals surface area contributed by atoms with Crippen molar-refractivity contribution in [3.63, 3.8) is 0 Å². The van der Waals surface area contributed by atoms with E-state index in [1.807, 2.05) is 33.8 Å². The van der Waals surface area contributed by atoms with Gasteiger partial charge in [-0.1, -0.05) is 17.7 Å². The summed E-state index contributed by atoms with van der Waals surface area (Å²) in [6, 6.07) is 5.54. The summed E-state index contributed by atoms with van der Waals surface area (Å²) < 4.78 is 5.24.